The molecular formula is C20H23N3O3. The number of rotatable bonds is 7. The molecule has 1 heterocycles. The Morgan fingerprint density at radius 3 is 2.62 bits per heavy atom. The van der Waals surface area contributed by atoms with Crippen LogP contribution in [0, 0.1) is 0 Å². The van der Waals surface area contributed by atoms with Crippen molar-refractivity contribution in [2.75, 3.05) is 35.2 Å². The van der Waals surface area contributed by atoms with Crippen LogP contribution in [0.15, 0.2) is 48.5 Å². The summed E-state index contributed by atoms with van der Waals surface area (Å²) in [5.41, 5.74) is 2.38. The zero-order chi connectivity index (χ0) is 18.4. The van der Waals surface area contributed by atoms with Gasteiger partial charge in [-0.25, -0.2) is 0 Å². The van der Waals surface area contributed by atoms with Gasteiger partial charge in [0, 0.05) is 24.3 Å². The Labute approximate surface area is 153 Å². The van der Waals surface area contributed by atoms with Crippen LogP contribution in [0.25, 0.3) is 0 Å². The van der Waals surface area contributed by atoms with Crippen LogP contribution >= 0.6 is 0 Å². The van der Waals surface area contributed by atoms with Crippen LogP contribution in [-0.4, -0.2) is 31.5 Å². The fourth-order valence-electron chi connectivity index (χ4n) is 2.91. The van der Waals surface area contributed by atoms with Gasteiger partial charge in [0.15, 0.2) is 0 Å². The first-order valence-electron chi connectivity index (χ1n) is 8.83. The molecule has 0 saturated carbocycles. The lowest BCUT2D eigenvalue weighted by Gasteiger charge is -2.16. The van der Waals surface area contributed by atoms with Crippen LogP contribution in [0.1, 0.15) is 19.8 Å². The first-order chi connectivity index (χ1) is 12.7. The quantitative estimate of drug-likeness (QED) is 0.801. The highest BCUT2D eigenvalue weighted by atomic mass is 16.5. The van der Waals surface area contributed by atoms with E-state index < -0.39 is 0 Å². The number of ether oxygens (including phenoxy) is 1. The summed E-state index contributed by atoms with van der Waals surface area (Å²) in [5.74, 6) is 0.664. The number of hydrogen-bond acceptors (Lipinski definition) is 4. The minimum Gasteiger partial charge on any atom is -0.492 e. The first-order valence-corrected chi connectivity index (χ1v) is 8.83. The molecule has 0 aliphatic carbocycles. The number of nitrogens with zero attached hydrogens (tertiary/aromatic N) is 1. The van der Waals surface area contributed by atoms with Crippen molar-refractivity contribution >= 4 is 28.9 Å². The molecule has 0 aromatic heterocycles. The largest absolute Gasteiger partial charge is 0.492 e. The summed E-state index contributed by atoms with van der Waals surface area (Å²) >= 11 is 0. The van der Waals surface area contributed by atoms with E-state index in [2.05, 4.69) is 10.6 Å². The average Bonchev–Trinajstić information content (AvgIpc) is 3.08. The molecule has 136 valence electrons. The second-order valence-corrected chi connectivity index (χ2v) is 6.03. The van der Waals surface area contributed by atoms with Crippen molar-refractivity contribution in [2.24, 2.45) is 0 Å². The summed E-state index contributed by atoms with van der Waals surface area (Å²) in [5, 5.41) is 5.94. The molecule has 2 N–H and O–H groups in total. The summed E-state index contributed by atoms with van der Waals surface area (Å²) in [4.78, 5) is 25.7. The Balaban J connectivity index is 1.54. The second-order valence-electron chi connectivity index (χ2n) is 6.03. The third-order valence-corrected chi connectivity index (χ3v) is 4.17. The predicted molar refractivity (Wildman–Crippen MR) is 103 cm³/mol. The van der Waals surface area contributed by atoms with E-state index in [1.54, 1.807) is 4.90 Å². The van der Waals surface area contributed by atoms with Gasteiger partial charge in [-0.15, -0.1) is 0 Å². The number of carbonyl (C=O) groups is 2. The molecule has 0 radical (unpaired) electrons. The van der Waals surface area contributed by atoms with E-state index in [9.17, 15) is 9.59 Å². The number of carbonyl (C=O) groups excluding carboxylic acids is 2. The molecule has 1 saturated heterocycles. The monoisotopic (exact) mass is 353 g/mol. The zero-order valence-corrected chi connectivity index (χ0v) is 14.8. The van der Waals surface area contributed by atoms with Gasteiger partial charge in [0.25, 0.3) is 0 Å². The fourth-order valence-corrected chi connectivity index (χ4v) is 2.91. The van der Waals surface area contributed by atoms with Gasteiger partial charge in [-0.05, 0) is 49.7 Å². The van der Waals surface area contributed by atoms with Gasteiger partial charge in [0.05, 0.1) is 18.8 Å². The zero-order valence-electron chi connectivity index (χ0n) is 14.8. The topological polar surface area (TPSA) is 70.7 Å². The molecule has 1 fully saturated rings. The van der Waals surface area contributed by atoms with Gasteiger partial charge >= 0.3 is 0 Å². The van der Waals surface area contributed by atoms with E-state index in [4.69, 9.17) is 4.74 Å². The average molecular weight is 353 g/mol. The molecular weight excluding hydrogens is 330 g/mol. The highest BCUT2D eigenvalue weighted by Crippen LogP contribution is 2.24. The van der Waals surface area contributed by atoms with Crippen molar-refractivity contribution in [3.05, 3.63) is 48.5 Å². The summed E-state index contributed by atoms with van der Waals surface area (Å²) in [7, 11) is 0. The number of para-hydroxylation sites is 2. The van der Waals surface area contributed by atoms with Crippen LogP contribution in [0.4, 0.5) is 17.1 Å². The van der Waals surface area contributed by atoms with Crippen LogP contribution < -0.4 is 20.3 Å². The van der Waals surface area contributed by atoms with E-state index in [-0.39, 0.29) is 18.4 Å². The van der Waals surface area contributed by atoms with Crippen molar-refractivity contribution in [3.63, 3.8) is 0 Å². The molecule has 2 amide bonds. The van der Waals surface area contributed by atoms with Crippen molar-refractivity contribution < 1.29 is 14.3 Å². The number of anilines is 3. The Bertz CT molecular complexity index is 774. The summed E-state index contributed by atoms with van der Waals surface area (Å²) < 4.78 is 5.50. The molecule has 0 bridgehead atoms. The second kappa shape index (κ2) is 8.38. The molecule has 0 atom stereocenters. The lowest BCUT2D eigenvalue weighted by molar-refractivity contribution is -0.117. The minimum absolute atomic E-state index is 0.141. The fraction of sp³-hybridized carbons (Fsp3) is 0.300. The summed E-state index contributed by atoms with van der Waals surface area (Å²) in [6.45, 7) is 3.35. The van der Waals surface area contributed by atoms with Gasteiger partial charge in [-0.1, -0.05) is 12.1 Å². The molecule has 2 aromatic carbocycles. The van der Waals surface area contributed by atoms with Gasteiger partial charge in [0.2, 0.25) is 11.8 Å². The maximum absolute atomic E-state index is 12.2. The van der Waals surface area contributed by atoms with E-state index in [1.165, 1.54) is 0 Å². The van der Waals surface area contributed by atoms with Crippen molar-refractivity contribution in [3.8, 4) is 5.75 Å². The Kier molecular flexibility index (Phi) is 5.73. The highest BCUT2D eigenvalue weighted by molar-refractivity contribution is 5.96. The smallest absolute Gasteiger partial charge is 0.243 e. The number of hydrogen-bond donors (Lipinski definition) is 2. The lowest BCUT2D eigenvalue weighted by Crippen LogP contribution is -2.24. The maximum Gasteiger partial charge on any atom is 0.243 e. The van der Waals surface area contributed by atoms with Gasteiger partial charge in [0.1, 0.15) is 5.75 Å². The number of benzene rings is 2. The molecule has 26 heavy (non-hydrogen) atoms. The molecule has 1 aliphatic rings. The van der Waals surface area contributed by atoms with Crippen LogP contribution in [0.2, 0.25) is 0 Å². The maximum atomic E-state index is 12.2. The molecule has 6 nitrogen and oxygen atoms in total. The van der Waals surface area contributed by atoms with E-state index in [0.717, 1.165) is 24.3 Å². The van der Waals surface area contributed by atoms with E-state index in [0.29, 0.717) is 24.5 Å². The van der Waals surface area contributed by atoms with Crippen LogP contribution in [-0.2, 0) is 9.59 Å². The van der Waals surface area contributed by atoms with Gasteiger partial charge in [-0.2, -0.15) is 0 Å². The van der Waals surface area contributed by atoms with Gasteiger partial charge < -0.3 is 20.3 Å². The third-order valence-electron chi connectivity index (χ3n) is 4.17. The molecule has 3 rings (SSSR count). The Hall–Kier alpha value is -3.02. The normalized spacial score (nSPS) is 13.6. The summed E-state index contributed by atoms with van der Waals surface area (Å²) in [6, 6.07) is 14.9. The third kappa shape index (κ3) is 4.33. The first kappa shape index (κ1) is 17.8. The van der Waals surface area contributed by atoms with Crippen LogP contribution in [0.5, 0.6) is 5.75 Å². The Morgan fingerprint density at radius 2 is 1.92 bits per heavy atom. The van der Waals surface area contributed by atoms with Gasteiger partial charge in [-0.3, -0.25) is 9.59 Å². The molecule has 0 unspecified atom stereocenters. The van der Waals surface area contributed by atoms with E-state index >= 15 is 0 Å². The molecule has 2 aromatic rings. The lowest BCUT2D eigenvalue weighted by atomic mass is 10.2. The predicted octanol–water partition coefficient (Wildman–Crippen LogP) is 3.26. The van der Waals surface area contributed by atoms with Crippen LogP contribution in [0.3, 0.4) is 0 Å². The van der Waals surface area contributed by atoms with E-state index in [1.807, 2.05) is 55.5 Å². The minimum atomic E-state index is -0.157. The van der Waals surface area contributed by atoms with Crippen molar-refractivity contribution in [1.82, 2.24) is 0 Å². The summed E-state index contributed by atoms with van der Waals surface area (Å²) in [6.07, 6.45) is 1.52. The number of nitrogens with one attached hydrogen (secondary N) is 2. The van der Waals surface area contributed by atoms with Crippen molar-refractivity contribution in [1.29, 1.82) is 0 Å². The number of amides is 2. The standard InChI is InChI=1S/C20H23N3O3/c1-2-26-18-7-4-3-6-17(18)22-19(24)14-21-15-9-11-16(12-10-15)23-13-5-8-20(23)25/h3-4,6-7,9-12,21H,2,5,8,13-14H2,1H3,(H,22,24). The Morgan fingerprint density at radius 1 is 1.15 bits per heavy atom. The SMILES string of the molecule is CCOc1ccccc1NC(=O)CNc1ccc(N2CCCC2=O)cc1. The molecule has 1 aliphatic heterocycles. The van der Waals surface area contributed by atoms with Crippen molar-refractivity contribution in [2.45, 2.75) is 19.8 Å². The molecule has 6 heteroatoms. The molecule has 0 spiro atoms. The highest BCUT2D eigenvalue weighted by Gasteiger charge is 2.21.